The number of benzene rings is 2. The number of carbonyl (C=O) groups is 1. The zero-order valence-corrected chi connectivity index (χ0v) is 13.5. The number of hydrogen-bond donors (Lipinski definition) is 1. The third-order valence-electron chi connectivity index (χ3n) is 3.63. The SMILES string of the molecule is CNC(=O)c1ccc(CN(C)Cc2ccc(C(F)(F)F)cc2)cc1. The van der Waals surface area contributed by atoms with Crippen molar-refractivity contribution in [1.29, 1.82) is 0 Å². The maximum absolute atomic E-state index is 12.5. The van der Waals surface area contributed by atoms with Gasteiger partial charge >= 0.3 is 6.18 Å². The van der Waals surface area contributed by atoms with Crippen molar-refractivity contribution in [2.75, 3.05) is 14.1 Å². The van der Waals surface area contributed by atoms with E-state index in [1.165, 1.54) is 12.1 Å². The molecule has 0 aliphatic rings. The molecule has 0 bridgehead atoms. The van der Waals surface area contributed by atoms with Crippen LogP contribution >= 0.6 is 0 Å². The van der Waals surface area contributed by atoms with Gasteiger partial charge in [-0.2, -0.15) is 13.2 Å². The van der Waals surface area contributed by atoms with E-state index in [4.69, 9.17) is 0 Å². The third-order valence-corrected chi connectivity index (χ3v) is 3.63. The van der Waals surface area contributed by atoms with E-state index in [0.717, 1.165) is 23.3 Å². The average Bonchev–Trinajstić information content (AvgIpc) is 2.54. The first-order valence-corrected chi connectivity index (χ1v) is 7.45. The highest BCUT2D eigenvalue weighted by Crippen LogP contribution is 2.29. The van der Waals surface area contributed by atoms with Crippen LogP contribution in [0.3, 0.4) is 0 Å². The van der Waals surface area contributed by atoms with E-state index in [1.54, 1.807) is 19.2 Å². The first-order chi connectivity index (χ1) is 11.3. The molecule has 2 aromatic rings. The molecule has 0 heterocycles. The lowest BCUT2D eigenvalue weighted by Gasteiger charge is -2.17. The van der Waals surface area contributed by atoms with Gasteiger partial charge in [-0.3, -0.25) is 9.69 Å². The average molecular weight is 336 g/mol. The lowest BCUT2D eigenvalue weighted by atomic mass is 10.1. The molecule has 24 heavy (non-hydrogen) atoms. The molecule has 0 unspecified atom stereocenters. The number of nitrogens with zero attached hydrogens (tertiary/aromatic N) is 1. The van der Waals surface area contributed by atoms with Crippen LogP contribution in [-0.4, -0.2) is 24.9 Å². The summed E-state index contributed by atoms with van der Waals surface area (Å²) in [5.41, 5.74) is 1.79. The van der Waals surface area contributed by atoms with Crippen LogP contribution in [0.25, 0.3) is 0 Å². The normalized spacial score (nSPS) is 11.6. The molecule has 0 saturated carbocycles. The van der Waals surface area contributed by atoms with Crippen LogP contribution < -0.4 is 5.32 Å². The molecule has 0 spiro atoms. The maximum atomic E-state index is 12.5. The van der Waals surface area contributed by atoms with Crippen LogP contribution in [0.4, 0.5) is 13.2 Å². The summed E-state index contributed by atoms with van der Waals surface area (Å²) >= 11 is 0. The number of alkyl halides is 3. The Kier molecular flexibility index (Phi) is 5.62. The molecule has 0 aliphatic heterocycles. The Bertz CT molecular complexity index is 679. The second kappa shape index (κ2) is 7.49. The number of halogens is 3. The quantitative estimate of drug-likeness (QED) is 0.903. The van der Waals surface area contributed by atoms with Gasteiger partial charge in [0.05, 0.1) is 5.56 Å². The minimum absolute atomic E-state index is 0.139. The van der Waals surface area contributed by atoms with Crippen molar-refractivity contribution in [3.63, 3.8) is 0 Å². The maximum Gasteiger partial charge on any atom is 0.416 e. The van der Waals surface area contributed by atoms with Crippen LogP contribution in [0.5, 0.6) is 0 Å². The molecule has 0 atom stereocenters. The van der Waals surface area contributed by atoms with Gasteiger partial charge in [-0.1, -0.05) is 24.3 Å². The summed E-state index contributed by atoms with van der Waals surface area (Å²) in [7, 11) is 3.47. The highest BCUT2D eigenvalue weighted by molar-refractivity contribution is 5.93. The minimum atomic E-state index is -4.31. The number of rotatable bonds is 5. The molecule has 3 nitrogen and oxygen atoms in total. The highest BCUT2D eigenvalue weighted by Gasteiger charge is 2.29. The monoisotopic (exact) mass is 336 g/mol. The predicted molar refractivity (Wildman–Crippen MR) is 86.4 cm³/mol. The molecule has 0 aromatic heterocycles. The van der Waals surface area contributed by atoms with Crippen molar-refractivity contribution in [3.8, 4) is 0 Å². The minimum Gasteiger partial charge on any atom is -0.355 e. The Morgan fingerprint density at radius 1 is 0.958 bits per heavy atom. The number of nitrogens with one attached hydrogen (secondary N) is 1. The second-order valence-electron chi connectivity index (χ2n) is 5.64. The van der Waals surface area contributed by atoms with Crippen LogP contribution in [0, 0.1) is 0 Å². The van der Waals surface area contributed by atoms with E-state index >= 15 is 0 Å². The van der Waals surface area contributed by atoms with Gasteiger partial charge in [0.25, 0.3) is 5.91 Å². The summed E-state index contributed by atoms with van der Waals surface area (Å²) in [6.07, 6.45) is -4.31. The number of amides is 1. The summed E-state index contributed by atoms with van der Waals surface area (Å²) in [6.45, 7) is 1.17. The van der Waals surface area contributed by atoms with E-state index in [2.05, 4.69) is 5.32 Å². The van der Waals surface area contributed by atoms with Crippen LogP contribution in [0.15, 0.2) is 48.5 Å². The lowest BCUT2D eigenvalue weighted by molar-refractivity contribution is -0.137. The summed E-state index contributed by atoms with van der Waals surface area (Å²) in [6, 6.07) is 12.4. The van der Waals surface area contributed by atoms with Gasteiger partial charge in [-0.05, 0) is 42.4 Å². The summed E-state index contributed by atoms with van der Waals surface area (Å²) in [4.78, 5) is 13.5. The van der Waals surface area contributed by atoms with Crippen molar-refractivity contribution < 1.29 is 18.0 Å². The first kappa shape index (κ1) is 18.0. The van der Waals surface area contributed by atoms with Gasteiger partial charge in [0.2, 0.25) is 0 Å². The van der Waals surface area contributed by atoms with Crippen molar-refractivity contribution in [3.05, 3.63) is 70.8 Å². The predicted octanol–water partition coefficient (Wildman–Crippen LogP) is 3.70. The molecule has 1 amide bonds. The fraction of sp³-hybridized carbons (Fsp3) is 0.278. The van der Waals surface area contributed by atoms with E-state index in [9.17, 15) is 18.0 Å². The molecule has 128 valence electrons. The molecule has 0 aliphatic carbocycles. The van der Waals surface area contributed by atoms with Crippen molar-refractivity contribution in [2.45, 2.75) is 19.3 Å². The molecule has 6 heteroatoms. The first-order valence-electron chi connectivity index (χ1n) is 7.45. The molecule has 0 fully saturated rings. The van der Waals surface area contributed by atoms with Crippen LogP contribution in [0.1, 0.15) is 27.0 Å². The van der Waals surface area contributed by atoms with Gasteiger partial charge in [0, 0.05) is 25.7 Å². The Morgan fingerprint density at radius 3 is 1.83 bits per heavy atom. The molecule has 0 saturated heterocycles. The number of carbonyl (C=O) groups excluding carboxylic acids is 1. The van der Waals surface area contributed by atoms with Gasteiger partial charge in [-0.25, -0.2) is 0 Å². The molecule has 1 N–H and O–H groups in total. The highest BCUT2D eigenvalue weighted by atomic mass is 19.4. The molecular weight excluding hydrogens is 317 g/mol. The van der Waals surface area contributed by atoms with Crippen LogP contribution in [0.2, 0.25) is 0 Å². The summed E-state index contributed by atoms with van der Waals surface area (Å²) in [5, 5.41) is 2.56. The smallest absolute Gasteiger partial charge is 0.355 e. The molecule has 2 rings (SSSR count). The second-order valence-corrected chi connectivity index (χ2v) is 5.64. The molecular formula is C18H19F3N2O. The van der Waals surface area contributed by atoms with E-state index in [1.807, 2.05) is 24.1 Å². The zero-order valence-electron chi connectivity index (χ0n) is 13.5. The Labute approximate surface area is 139 Å². The fourth-order valence-electron chi connectivity index (χ4n) is 2.38. The standard InChI is InChI=1S/C18H19F3N2O/c1-22-17(24)15-7-3-13(4-8-15)11-23(2)12-14-5-9-16(10-6-14)18(19,20)21/h3-10H,11-12H2,1-2H3,(H,22,24). The van der Waals surface area contributed by atoms with Gasteiger partial charge in [0.15, 0.2) is 0 Å². The lowest BCUT2D eigenvalue weighted by Crippen LogP contribution is -2.19. The van der Waals surface area contributed by atoms with E-state index in [-0.39, 0.29) is 5.91 Å². The largest absolute Gasteiger partial charge is 0.416 e. The zero-order chi connectivity index (χ0) is 17.7. The van der Waals surface area contributed by atoms with Gasteiger partial charge < -0.3 is 5.32 Å². The topological polar surface area (TPSA) is 32.3 Å². The summed E-state index contributed by atoms with van der Waals surface area (Å²) < 4.78 is 37.6. The van der Waals surface area contributed by atoms with Crippen molar-refractivity contribution in [2.24, 2.45) is 0 Å². The Balaban J connectivity index is 1.95. The number of hydrogen-bond acceptors (Lipinski definition) is 2. The molecule has 0 radical (unpaired) electrons. The Hall–Kier alpha value is -2.34. The van der Waals surface area contributed by atoms with Crippen LogP contribution in [-0.2, 0) is 19.3 Å². The summed E-state index contributed by atoms with van der Waals surface area (Å²) in [5.74, 6) is -0.139. The van der Waals surface area contributed by atoms with E-state index < -0.39 is 11.7 Å². The van der Waals surface area contributed by atoms with Gasteiger partial charge in [-0.15, -0.1) is 0 Å². The molecule has 2 aromatic carbocycles. The van der Waals surface area contributed by atoms with E-state index in [0.29, 0.717) is 18.7 Å². The Morgan fingerprint density at radius 2 is 1.42 bits per heavy atom. The van der Waals surface area contributed by atoms with Crippen molar-refractivity contribution >= 4 is 5.91 Å². The third kappa shape index (κ3) is 4.83. The fourth-order valence-corrected chi connectivity index (χ4v) is 2.38. The van der Waals surface area contributed by atoms with Gasteiger partial charge in [0.1, 0.15) is 0 Å². The van der Waals surface area contributed by atoms with Crippen molar-refractivity contribution in [1.82, 2.24) is 10.2 Å².